The second-order valence-corrected chi connectivity index (χ2v) is 11.5. The molecule has 1 saturated carbocycles. The number of carbonyl (C=O) groups is 2. The number of benzene rings is 2. The number of hydrogen-bond donors (Lipinski definition) is 1. The summed E-state index contributed by atoms with van der Waals surface area (Å²) in [5, 5.41) is 3.16. The summed E-state index contributed by atoms with van der Waals surface area (Å²) >= 11 is 0. The van der Waals surface area contributed by atoms with E-state index < -0.39 is 21.5 Å². The number of anilines is 1. The molecule has 1 atom stereocenters. The molecule has 0 radical (unpaired) electrons. The Balaban J connectivity index is 1.70. The summed E-state index contributed by atoms with van der Waals surface area (Å²) in [5.41, 5.74) is 0.232. The Labute approximate surface area is 202 Å². The minimum absolute atomic E-state index is 0.0305. The fourth-order valence-electron chi connectivity index (χ4n) is 4.94. The van der Waals surface area contributed by atoms with E-state index in [1.54, 1.807) is 25.1 Å². The molecule has 1 saturated heterocycles. The third-order valence-electron chi connectivity index (χ3n) is 6.89. The first-order valence-electron chi connectivity index (χ1n) is 12.0. The quantitative estimate of drug-likeness (QED) is 0.658. The van der Waals surface area contributed by atoms with Gasteiger partial charge in [-0.15, -0.1) is 0 Å². The minimum Gasteiger partial charge on any atom is -0.351 e. The van der Waals surface area contributed by atoms with Gasteiger partial charge in [0.15, 0.2) is 0 Å². The average molecular weight is 484 g/mol. The number of amides is 2. The Hall–Kier alpha value is -2.71. The fourth-order valence-corrected chi connectivity index (χ4v) is 6.44. The van der Waals surface area contributed by atoms with Gasteiger partial charge in [0.2, 0.25) is 21.8 Å². The highest BCUT2D eigenvalue weighted by atomic mass is 32.2. The zero-order valence-electron chi connectivity index (χ0n) is 19.9. The molecule has 2 fully saturated rings. The Morgan fingerprint density at radius 1 is 0.971 bits per heavy atom. The molecule has 1 heterocycles. The molecule has 0 spiro atoms. The van der Waals surface area contributed by atoms with E-state index in [-0.39, 0.29) is 29.9 Å². The van der Waals surface area contributed by atoms with Crippen LogP contribution in [0.15, 0.2) is 59.5 Å². The zero-order valence-corrected chi connectivity index (χ0v) is 20.7. The van der Waals surface area contributed by atoms with Crippen molar-refractivity contribution in [3.8, 4) is 0 Å². The van der Waals surface area contributed by atoms with Crippen molar-refractivity contribution in [3.63, 3.8) is 0 Å². The molecule has 4 rings (SSSR count). The molecule has 1 aliphatic heterocycles. The number of piperazine rings is 1. The van der Waals surface area contributed by atoms with Gasteiger partial charge < -0.3 is 5.32 Å². The number of rotatable bonds is 5. The average Bonchev–Trinajstić information content (AvgIpc) is 3.09. The topological polar surface area (TPSA) is 86.8 Å². The summed E-state index contributed by atoms with van der Waals surface area (Å²) in [5.74, 6) is -0.741. The summed E-state index contributed by atoms with van der Waals surface area (Å²) in [6, 6.07) is 15.5. The normalized spacial score (nSPS) is 22.9. The van der Waals surface area contributed by atoms with E-state index in [0.717, 1.165) is 48.4 Å². The van der Waals surface area contributed by atoms with Crippen molar-refractivity contribution in [3.05, 3.63) is 60.2 Å². The fraction of sp³-hybridized carbons (Fsp3) is 0.462. The molecule has 7 nitrogen and oxygen atoms in total. The molecule has 0 bridgehead atoms. The smallest absolute Gasteiger partial charge is 0.247 e. The van der Waals surface area contributed by atoms with Crippen LogP contribution in [0, 0.1) is 6.92 Å². The lowest BCUT2D eigenvalue weighted by Crippen LogP contribution is -2.70. The van der Waals surface area contributed by atoms with Crippen molar-refractivity contribution in [2.45, 2.75) is 68.8 Å². The maximum Gasteiger partial charge on any atom is 0.247 e. The SMILES string of the molecule is Cc1ccc(N2C(=O)CN(S(=O)(=O)c3ccccc3)C[C@@]2(C)C(=O)NC2CCCCCC2)cc1. The third kappa shape index (κ3) is 4.88. The van der Waals surface area contributed by atoms with Gasteiger partial charge in [-0.3, -0.25) is 14.5 Å². The molecule has 0 aromatic heterocycles. The van der Waals surface area contributed by atoms with Crippen LogP contribution in [0.5, 0.6) is 0 Å². The molecule has 2 amide bonds. The van der Waals surface area contributed by atoms with Gasteiger partial charge in [0.05, 0.1) is 11.4 Å². The minimum atomic E-state index is -3.94. The monoisotopic (exact) mass is 483 g/mol. The van der Waals surface area contributed by atoms with Crippen LogP contribution in [0.4, 0.5) is 5.69 Å². The number of sulfonamides is 1. The van der Waals surface area contributed by atoms with Gasteiger partial charge in [0.1, 0.15) is 5.54 Å². The molecule has 1 aliphatic carbocycles. The Morgan fingerprint density at radius 2 is 1.59 bits per heavy atom. The summed E-state index contributed by atoms with van der Waals surface area (Å²) in [6.07, 6.45) is 6.20. The predicted molar refractivity (Wildman–Crippen MR) is 132 cm³/mol. The molecular weight excluding hydrogens is 450 g/mol. The van der Waals surface area contributed by atoms with Crippen LogP contribution in [-0.4, -0.2) is 49.2 Å². The van der Waals surface area contributed by atoms with Crippen molar-refractivity contribution in [1.29, 1.82) is 0 Å². The molecule has 0 unspecified atom stereocenters. The zero-order chi connectivity index (χ0) is 24.3. The molecule has 1 N–H and O–H groups in total. The van der Waals surface area contributed by atoms with Crippen molar-refractivity contribution in [2.24, 2.45) is 0 Å². The van der Waals surface area contributed by atoms with Gasteiger partial charge in [-0.1, -0.05) is 61.6 Å². The highest BCUT2D eigenvalue weighted by Crippen LogP contribution is 2.33. The summed E-state index contributed by atoms with van der Waals surface area (Å²) < 4.78 is 27.9. The Kier molecular flexibility index (Phi) is 7.09. The lowest BCUT2D eigenvalue weighted by molar-refractivity contribution is -0.133. The Morgan fingerprint density at radius 3 is 2.21 bits per heavy atom. The first kappa shape index (κ1) is 24.4. The van der Waals surface area contributed by atoms with Crippen LogP contribution < -0.4 is 10.2 Å². The molecule has 8 heteroatoms. The van der Waals surface area contributed by atoms with Gasteiger partial charge >= 0.3 is 0 Å². The van der Waals surface area contributed by atoms with Crippen LogP contribution in [0.1, 0.15) is 51.0 Å². The van der Waals surface area contributed by atoms with E-state index in [1.807, 2.05) is 31.2 Å². The maximum absolute atomic E-state index is 13.8. The molecule has 2 aromatic carbocycles. The van der Waals surface area contributed by atoms with Crippen molar-refractivity contribution in [2.75, 3.05) is 18.0 Å². The molecule has 182 valence electrons. The predicted octanol–water partition coefficient (Wildman–Crippen LogP) is 3.63. The first-order chi connectivity index (χ1) is 16.2. The summed E-state index contributed by atoms with van der Waals surface area (Å²) in [7, 11) is -3.94. The lowest BCUT2D eigenvalue weighted by Gasteiger charge is -2.47. The first-order valence-corrected chi connectivity index (χ1v) is 13.4. The van der Waals surface area contributed by atoms with Gasteiger partial charge in [-0.2, -0.15) is 4.31 Å². The number of nitrogens with zero attached hydrogens (tertiary/aromatic N) is 2. The second kappa shape index (κ2) is 9.88. The lowest BCUT2D eigenvalue weighted by atomic mass is 9.93. The largest absolute Gasteiger partial charge is 0.351 e. The maximum atomic E-state index is 13.8. The second-order valence-electron chi connectivity index (χ2n) is 9.59. The van der Waals surface area contributed by atoms with Gasteiger partial charge in [-0.05, 0) is 51.0 Å². The van der Waals surface area contributed by atoms with Crippen molar-refractivity contribution >= 4 is 27.5 Å². The van der Waals surface area contributed by atoms with Crippen LogP contribution in [0.2, 0.25) is 0 Å². The van der Waals surface area contributed by atoms with Crippen molar-refractivity contribution < 1.29 is 18.0 Å². The molecule has 34 heavy (non-hydrogen) atoms. The van der Waals surface area contributed by atoms with Gasteiger partial charge in [-0.25, -0.2) is 8.42 Å². The molecule has 2 aliphatic rings. The number of hydrogen-bond acceptors (Lipinski definition) is 4. The van der Waals surface area contributed by atoms with E-state index in [1.165, 1.54) is 17.0 Å². The van der Waals surface area contributed by atoms with E-state index >= 15 is 0 Å². The van der Waals surface area contributed by atoms with Crippen LogP contribution in [0.25, 0.3) is 0 Å². The van der Waals surface area contributed by atoms with E-state index in [0.29, 0.717) is 5.69 Å². The Bertz CT molecular complexity index is 1130. The standard InChI is InChI=1S/C26H33N3O4S/c1-20-14-16-22(17-15-20)29-24(30)18-28(34(32,33)23-12-8-5-9-13-23)19-26(29,2)25(31)27-21-10-6-3-4-7-11-21/h5,8-9,12-17,21H,3-4,6-7,10-11,18-19H2,1-2H3,(H,27,31)/t26-/m0/s1. The van der Waals surface area contributed by atoms with E-state index in [2.05, 4.69) is 5.32 Å². The highest BCUT2D eigenvalue weighted by Gasteiger charge is 2.51. The highest BCUT2D eigenvalue weighted by molar-refractivity contribution is 7.89. The number of nitrogens with one attached hydrogen (secondary N) is 1. The van der Waals surface area contributed by atoms with Crippen LogP contribution in [0.3, 0.4) is 0 Å². The molecular formula is C26H33N3O4S. The number of aryl methyl sites for hydroxylation is 1. The van der Waals surface area contributed by atoms with Crippen LogP contribution in [-0.2, 0) is 19.6 Å². The van der Waals surface area contributed by atoms with Crippen LogP contribution >= 0.6 is 0 Å². The third-order valence-corrected chi connectivity index (χ3v) is 8.70. The van der Waals surface area contributed by atoms with E-state index in [4.69, 9.17) is 0 Å². The number of carbonyl (C=O) groups excluding carboxylic acids is 2. The molecule has 2 aromatic rings. The summed E-state index contributed by atoms with van der Waals surface area (Å²) in [6.45, 7) is 3.18. The van der Waals surface area contributed by atoms with Crippen molar-refractivity contribution in [1.82, 2.24) is 9.62 Å². The van der Waals surface area contributed by atoms with E-state index in [9.17, 15) is 18.0 Å². The van der Waals surface area contributed by atoms with Gasteiger partial charge in [0.25, 0.3) is 0 Å². The van der Waals surface area contributed by atoms with Gasteiger partial charge in [0, 0.05) is 18.3 Å². The summed E-state index contributed by atoms with van der Waals surface area (Å²) in [4.78, 5) is 28.8.